The molecule has 0 aliphatic heterocycles. The Morgan fingerprint density at radius 1 is 0.667 bits per heavy atom. The number of carbonyl (C=O) groups excluding carboxylic acids is 3. The first-order valence-electron chi connectivity index (χ1n) is 15.2. The molecule has 3 N–H and O–H groups in total. The van der Waals surface area contributed by atoms with Crippen molar-refractivity contribution in [2.75, 3.05) is 10.6 Å². The second-order valence-electron chi connectivity index (χ2n) is 11.2. The zero-order valence-corrected chi connectivity index (χ0v) is 28.6. The summed E-state index contributed by atoms with van der Waals surface area (Å²) in [6, 6.07) is 38.2. The van der Waals surface area contributed by atoms with E-state index < -0.39 is 17.1 Å². The lowest BCUT2D eigenvalue weighted by Gasteiger charge is -2.18. The highest BCUT2D eigenvalue weighted by Crippen LogP contribution is 2.37. The highest BCUT2D eigenvalue weighted by atomic mass is 35.5. The number of anilines is 2. The number of rotatable bonds is 11. The molecule has 0 bridgehead atoms. The molecular weight excluding hydrogens is 661 g/mol. The van der Waals surface area contributed by atoms with Crippen LogP contribution in [0.5, 0.6) is 0 Å². The van der Waals surface area contributed by atoms with E-state index in [4.69, 9.17) is 23.2 Å². The van der Waals surface area contributed by atoms with Crippen LogP contribution in [0.1, 0.15) is 52.1 Å². The summed E-state index contributed by atoms with van der Waals surface area (Å²) in [6.07, 6.45) is 1.65. The molecule has 0 heterocycles. The minimum absolute atomic E-state index is 0.0997. The first kappa shape index (κ1) is 34.5. The third-order valence-corrected chi connectivity index (χ3v) is 9.34. The fourth-order valence-corrected chi connectivity index (χ4v) is 6.04. The molecule has 0 aliphatic carbocycles. The Morgan fingerprint density at radius 2 is 1.29 bits per heavy atom. The number of hydrogen-bond donors (Lipinski definition) is 3. The first-order chi connectivity index (χ1) is 23.2. The average molecular weight is 695 g/mol. The fraction of sp³-hybridized carbons (Fsp3) is 0.103. The highest BCUT2D eigenvalue weighted by molar-refractivity contribution is 8.00. The van der Waals surface area contributed by atoms with E-state index in [0.29, 0.717) is 32.9 Å². The van der Waals surface area contributed by atoms with E-state index >= 15 is 0 Å². The van der Waals surface area contributed by atoms with Gasteiger partial charge in [-0.05, 0) is 83.3 Å². The van der Waals surface area contributed by atoms with Crippen LogP contribution in [-0.2, 0) is 9.59 Å². The van der Waals surface area contributed by atoms with Gasteiger partial charge in [0.25, 0.3) is 11.8 Å². The van der Waals surface area contributed by atoms with Crippen molar-refractivity contribution in [3.05, 3.63) is 165 Å². The molecule has 0 fully saturated rings. The molecule has 6 nitrogen and oxygen atoms in total. The van der Waals surface area contributed by atoms with Gasteiger partial charge in [0, 0.05) is 21.8 Å². The summed E-state index contributed by atoms with van der Waals surface area (Å²) in [5, 5.41) is 8.77. The smallest absolute Gasteiger partial charge is 0.272 e. The van der Waals surface area contributed by atoms with Crippen LogP contribution in [0.2, 0.25) is 10.0 Å². The van der Waals surface area contributed by atoms with Gasteiger partial charge in [0.05, 0.1) is 10.0 Å². The monoisotopic (exact) mass is 693 g/mol. The molecule has 0 saturated carbocycles. The molecule has 1 atom stereocenters. The molecule has 5 aromatic rings. The van der Waals surface area contributed by atoms with Crippen molar-refractivity contribution < 1.29 is 14.4 Å². The maximum atomic E-state index is 13.5. The third-order valence-electron chi connectivity index (χ3n) is 7.34. The van der Waals surface area contributed by atoms with Crippen molar-refractivity contribution in [1.29, 1.82) is 0 Å². The number of hydrogen-bond acceptors (Lipinski definition) is 4. The molecular formula is C39H33Cl2N3O3S. The Hall–Kier alpha value is -4.82. The molecule has 0 spiro atoms. The predicted molar refractivity (Wildman–Crippen MR) is 198 cm³/mol. The summed E-state index contributed by atoms with van der Waals surface area (Å²) in [6.45, 7) is 4.23. The SMILES string of the molecule is CC(C)c1ccc(/C=C(\NC(=O)c2ccccc2)C(=O)Nc2ccc(SC(C(=O)Nc3ccc(Cl)c(Cl)c3)c3ccccc3)cc2)cc1. The summed E-state index contributed by atoms with van der Waals surface area (Å²) >= 11 is 13.6. The van der Waals surface area contributed by atoms with Crippen LogP contribution in [0.4, 0.5) is 11.4 Å². The normalized spacial score (nSPS) is 11.9. The molecule has 3 amide bonds. The summed E-state index contributed by atoms with van der Waals surface area (Å²) in [4.78, 5) is 40.9. The van der Waals surface area contributed by atoms with Gasteiger partial charge in [-0.1, -0.05) is 110 Å². The van der Waals surface area contributed by atoms with Gasteiger partial charge in [-0.3, -0.25) is 14.4 Å². The molecule has 0 saturated heterocycles. The van der Waals surface area contributed by atoms with Crippen molar-refractivity contribution in [3.63, 3.8) is 0 Å². The van der Waals surface area contributed by atoms with Crippen molar-refractivity contribution in [3.8, 4) is 0 Å². The topological polar surface area (TPSA) is 87.3 Å². The van der Waals surface area contributed by atoms with Crippen LogP contribution >= 0.6 is 35.0 Å². The number of amides is 3. The van der Waals surface area contributed by atoms with E-state index in [1.54, 1.807) is 60.7 Å². The Morgan fingerprint density at radius 3 is 1.92 bits per heavy atom. The van der Waals surface area contributed by atoms with Gasteiger partial charge in [-0.25, -0.2) is 0 Å². The third kappa shape index (κ3) is 9.38. The van der Waals surface area contributed by atoms with Crippen LogP contribution in [0.25, 0.3) is 6.08 Å². The van der Waals surface area contributed by atoms with E-state index in [1.807, 2.05) is 72.8 Å². The van der Waals surface area contributed by atoms with Crippen LogP contribution in [0, 0.1) is 0 Å². The van der Waals surface area contributed by atoms with Crippen LogP contribution < -0.4 is 16.0 Å². The average Bonchev–Trinajstić information content (AvgIpc) is 3.10. The number of nitrogens with one attached hydrogen (secondary N) is 3. The molecule has 48 heavy (non-hydrogen) atoms. The minimum atomic E-state index is -0.578. The molecule has 0 aromatic heterocycles. The van der Waals surface area contributed by atoms with Gasteiger partial charge >= 0.3 is 0 Å². The van der Waals surface area contributed by atoms with Crippen molar-refractivity contribution >= 4 is 70.1 Å². The molecule has 242 valence electrons. The first-order valence-corrected chi connectivity index (χ1v) is 16.9. The molecule has 0 radical (unpaired) electrons. The van der Waals surface area contributed by atoms with Gasteiger partial charge in [-0.15, -0.1) is 11.8 Å². The molecule has 5 rings (SSSR count). The minimum Gasteiger partial charge on any atom is -0.325 e. The van der Waals surface area contributed by atoms with Crippen LogP contribution in [0.15, 0.2) is 138 Å². The quantitative estimate of drug-likeness (QED) is 0.0949. The van der Waals surface area contributed by atoms with Gasteiger partial charge in [-0.2, -0.15) is 0 Å². The van der Waals surface area contributed by atoms with Crippen LogP contribution in [0.3, 0.4) is 0 Å². The Bertz CT molecular complexity index is 1910. The van der Waals surface area contributed by atoms with Crippen molar-refractivity contribution in [2.24, 2.45) is 0 Å². The predicted octanol–water partition coefficient (Wildman–Crippen LogP) is 10.00. The van der Waals surface area contributed by atoms with E-state index in [2.05, 4.69) is 29.8 Å². The van der Waals surface area contributed by atoms with E-state index in [9.17, 15) is 14.4 Å². The Balaban J connectivity index is 1.33. The summed E-state index contributed by atoms with van der Waals surface area (Å²) in [7, 11) is 0. The van der Waals surface area contributed by atoms with Crippen molar-refractivity contribution in [2.45, 2.75) is 29.9 Å². The number of thioether (sulfide) groups is 1. The lowest BCUT2D eigenvalue weighted by molar-refractivity contribution is -0.116. The summed E-state index contributed by atoms with van der Waals surface area (Å²) in [5.41, 5.74) is 4.36. The van der Waals surface area contributed by atoms with E-state index in [-0.39, 0.29) is 11.6 Å². The summed E-state index contributed by atoms with van der Waals surface area (Å²) in [5.74, 6) is -0.735. The molecule has 5 aromatic carbocycles. The van der Waals surface area contributed by atoms with E-state index in [1.165, 1.54) is 17.3 Å². The fourth-order valence-electron chi connectivity index (χ4n) is 4.72. The largest absolute Gasteiger partial charge is 0.325 e. The van der Waals surface area contributed by atoms with Crippen LogP contribution in [-0.4, -0.2) is 17.7 Å². The summed E-state index contributed by atoms with van der Waals surface area (Å²) < 4.78 is 0. The number of carbonyl (C=O) groups is 3. The standard InChI is InChI=1S/C39H33Cl2N3O3S/c1-25(2)27-15-13-26(14-16-27)23-35(44-37(45)29-11-7-4-8-12-29)38(46)42-30-17-20-32(21-18-30)48-36(28-9-5-3-6-10-28)39(47)43-31-19-22-33(40)34(41)24-31/h3-25,36H,1-2H3,(H,42,46)(H,43,47)(H,44,45)/b35-23-. The van der Waals surface area contributed by atoms with Gasteiger partial charge in [0.2, 0.25) is 5.91 Å². The second kappa shape index (κ2) is 16.3. The maximum Gasteiger partial charge on any atom is 0.272 e. The number of benzene rings is 5. The molecule has 9 heteroatoms. The molecule has 1 unspecified atom stereocenters. The van der Waals surface area contributed by atoms with E-state index in [0.717, 1.165) is 16.0 Å². The highest BCUT2D eigenvalue weighted by Gasteiger charge is 2.23. The Kier molecular flexibility index (Phi) is 11.7. The van der Waals surface area contributed by atoms with Crippen molar-refractivity contribution in [1.82, 2.24) is 5.32 Å². The lowest BCUT2D eigenvalue weighted by atomic mass is 10.0. The number of halogens is 2. The van der Waals surface area contributed by atoms with Gasteiger partial charge in [0.1, 0.15) is 10.9 Å². The molecule has 0 aliphatic rings. The second-order valence-corrected chi connectivity index (χ2v) is 13.2. The lowest BCUT2D eigenvalue weighted by Crippen LogP contribution is -2.30. The maximum absolute atomic E-state index is 13.5. The zero-order valence-electron chi connectivity index (χ0n) is 26.2. The Labute approximate surface area is 294 Å². The zero-order chi connectivity index (χ0) is 34.0. The van der Waals surface area contributed by atoms with Gasteiger partial charge in [0.15, 0.2) is 0 Å². The van der Waals surface area contributed by atoms with Gasteiger partial charge < -0.3 is 16.0 Å².